The first-order valence-corrected chi connectivity index (χ1v) is 11.0. The van der Waals surface area contributed by atoms with Crippen LogP contribution in [-0.2, 0) is 23.2 Å². The Labute approximate surface area is 199 Å². The molecule has 2 rings (SSSR count). The lowest BCUT2D eigenvalue weighted by molar-refractivity contribution is -0.243. The van der Waals surface area contributed by atoms with Crippen LogP contribution in [0.2, 0.25) is 0 Å². The van der Waals surface area contributed by atoms with Gasteiger partial charge in [0.15, 0.2) is 17.0 Å². The number of sulfonamides is 1. The van der Waals surface area contributed by atoms with Gasteiger partial charge in [0.05, 0.1) is 12.2 Å². The molecule has 1 aromatic carbocycles. The maximum absolute atomic E-state index is 13.5. The van der Waals surface area contributed by atoms with Crippen molar-refractivity contribution in [1.29, 1.82) is 0 Å². The van der Waals surface area contributed by atoms with E-state index >= 15 is 0 Å². The normalized spacial score (nSPS) is 14.1. The molecule has 8 nitrogen and oxygen atoms in total. The largest absolute Gasteiger partial charge is 0.490 e. The molecule has 1 unspecified atom stereocenters. The zero-order valence-electron chi connectivity index (χ0n) is 18.2. The van der Waals surface area contributed by atoms with Crippen molar-refractivity contribution >= 4 is 28.3 Å². The van der Waals surface area contributed by atoms with Crippen molar-refractivity contribution in [3.63, 3.8) is 0 Å². The van der Waals surface area contributed by atoms with Gasteiger partial charge in [-0.15, -0.1) is 0 Å². The van der Waals surface area contributed by atoms with Crippen molar-refractivity contribution in [2.75, 3.05) is 11.9 Å². The van der Waals surface area contributed by atoms with Gasteiger partial charge >= 0.3 is 12.4 Å². The number of benzene rings is 1. The van der Waals surface area contributed by atoms with Gasteiger partial charge in [0, 0.05) is 32.1 Å². The number of alkyl halides is 6. The van der Waals surface area contributed by atoms with Gasteiger partial charge in [0.2, 0.25) is 0 Å². The molecule has 0 aliphatic rings. The van der Waals surface area contributed by atoms with Crippen molar-refractivity contribution in [3.8, 4) is 5.75 Å². The fourth-order valence-corrected chi connectivity index (χ4v) is 3.73. The van der Waals surface area contributed by atoms with E-state index in [1.54, 1.807) is 0 Å². The number of ether oxygens (including phenoxy) is 1. The van der Waals surface area contributed by atoms with Crippen LogP contribution >= 0.6 is 0 Å². The summed E-state index contributed by atoms with van der Waals surface area (Å²) in [5.74, 6) is -3.69. The van der Waals surface area contributed by atoms with Crippen LogP contribution < -0.4 is 10.1 Å². The third kappa shape index (κ3) is 5.87. The van der Waals surface area contributed by atoms with E-state index in [-0.39, 0.29) is 12.1 Å². The number of amides is 1. The van der Waals surface area contributed by atoms with Crippen LogP contribution in [0.4, 0.5) is 36.4 Å². The molecule has 0 aliphatic heterocycles. The van der Waals surface area contributed by atoms with E-state index < -0.39 is 80.3 Å². The maximum Gasteiger partial charge on any atom is 0.420 e. The average molecular weight is 545 g/mol. The summed E-state index contributed by atoms with van der Waals surface area (Å²) in [5.41, 5.74) is -6.30. The molecule has 1 atom stereocenters. The number of carbonyl (C=O) groups excluding carboxylic acids is 1. The van der Waals surface area contributed by atoms with E-state index in [2.05, 4.69) is 17.7 Å². The van der Waals surface area contributed by atoms with E-state index in [0.717, 1.165) is 23.9 Å². The lowest BCUT2D eigenvalue weighted by atomic mass is 10.00. The van der Waals surface area contributed by atoms with Gasteiger partial charge in [-0.1, -0.05) is 12.7 Å². The summed E-state index contributed by atoms with van der Waals surface area (Å²) in [5, 5.41) is 11.7. The van der Waals surface area contributed by atoms with Crippen LogP contribution in [0.5, 0.6) is 5.75 Å². The number of carbonyl (C=O) groups is 1. The Balaban J connectivity index is 2.49. The summed E-state index contributed by atoms with van der Waals surface area (Å²) in [7, 11) is -3.45. The van der Waals surface area contributed by atoms with Crippen molar-refractivity contribution in [3.05, 3.63) is 54.1 Å². The fraction of sp³-hybridized carbons (Fsp3) is 0.300. The van der Waals surface area contributed by atoms with E-state index in [0.29, 0.717) is 6.07 Å². The number of hydrogen-bond donors (Lipinski definition) is 2. The van der Waals surface area contributed by atoms with Crippen LogP contribution in [0, 0.1) is 5.82 Å². The molecule has 36 heavy (non-hydrogen) atoms. The Morgan fingerprint density at radius 1 is 1.25 bits per heavy atom. The highest BCUT2D eigenvalue weighted by Gasteiger charge is 2.51. The minimum atomic E-state index is -5.16. The lowest BCUT2D eigenvalue weighted by Crippen LogP contribution is -2.44. The molecular weight excluding hydrogens is 527 g/mol. The number of hydrogen-bond acceptors (Lipinski definition) is 5. The van der Waals surface area contributed by atoms with Crippen molar-refractivity contribution in [2.24, 2.45) is 11.4 Å². The zero-order chi connectivity index (χ0) is 27.7. The molecule has 2 N–H and O–H groups in total. The Hall–Kier alpha value is -3.40. The van der Waals surface area contributed by atoms with E-state index in [1.165, 1.54) is 0 Å². The highest BCUT2D eigenvalue weighted by Crippen LogP contribution is 2.37. The number of aryl methyl sites for hydroxylation is 1. The quantitative estimate of drug-likeness (QED) is 0.281. The second kappa shape index (κ2) is 9.93. The molecule has 0 saturated carbocycles. The Kier molecular flexibility index (Phi) is 7.95. The van der Waals surface area contributed by atoms with Crippen LogP contribution in [0.3, 0.4) is 0 Å². The van der Waals surface area contributed by atoms with Gasteiger partial charge in [-0.3, -0.25) is 4.79 Å². The van der Waals surface area contributed by atoms with Crippen molar-refractivity contribution in [2.45, 2.75) is 29.3 Å². The van der Waals surface area contributed by atoms with Gasteiger partial charge in [-0.25, -0.2) is 4.39 Å². The summed E-state index contributed by atoms with van der Waals surface area (Å²) in [6.07, 6.45) is -10.4. The Morgan fingerprint density at radius 3 is 2.36 bits per heavy atom. The highest BCUT2D eigenvalue weighted by atomic mass is 32.2. The molecule has 16 heteroatoms. The van der Waals surface area contributed by atoms with Gasteiger partial charge in [0.1, 0.15) is 10.7 Å². The van der Waals surface area contributed by atoms with Gasteiger partial charge in [0.25, 0.3) is 15.9 Å². The summed E-state index contributed by atoms with van der Waals surface area (Å²) < 4.78 is 125. The molecular formula is C20H18F7N3O5S. The SMILES string of the molecule is C=CC(O)(CCOc1c(S(=O)(=O)N=C)cn(C)c1C(=O)Nc1ccc(F)c(C(F)(F)F)c1)C(F)(F)F. The molecule has 1 heterocycles. The Bertz CT molecular complexity index is 1290. The zero-order valence-corrected chi connectivity index (χ0v) is 19.1. The first kappa shape index (κ1) is 28.8. The van der Waals surface area contributed by atoms with Crippen LogP contribution in [-0.4, -0.2) is 49.1 Å². The number of anilines is 1. The number of halogens is 7. The van der Waals surface area contributed by atoms with Crippen LogP contribution in [0.25, 0.3) is 0 Å². The second-order valence-electron chi connectivity index (χ2n) is 7.26. The number of nitrogens with one attached hydrogen (secondary N) is 1. The van der Waals surface area contributed by atoms with Crippen molar-refractivity contribution in [1.82, 2.24) is 4.57 Å². The molecule has 1 amide bonds. The molecule has 0 saturated heterocycles. The number of rotatable bonds is 9. The molecule has 0 fully saturated rings. The molecule has 1 aromatic heterocycles. The first-order valence-electron chi connectivity index (χ1n) is 9.54. The number of nitrogens with zero attached hydrogens (tertiary/aromatic N) is 2. The minimum Gasteiger partial charge on any atom is -0.490 e. The van der Waals surface area contributed by atoms with Crippen molar-refractivity contribution < 1.29 is 53.8 Å². The smallest absolute Gasteiger partial charge is 0.420 e. The maximum atomic E-state index is 13.5. The second-order valence-corrected chi connectivity index (χ2v) is 8.91. The number of aliphatic hydroxyl groups is 1. The fourth-order valence-electron chi connectivity index (χ4n) is 2.91. The highest BCUT2D eigenvalue weighted by molar-refractivity contribution is 7.90. The van der Waals surface area contributed by atoms with E-state index in [9.17, 15) is 49.1 Å². The minimum absolute atomic E-state index is 0.199. The van der Waals surface area contributed by atoms with Gasteiger partial charge in [-0.2, -0.15) is 39.2 Å². The molecule has 0 radical (unpaired) electrons. The summed E-state index contributed by atoms with van der Waals surface area (Å²) >= 11 is 0. The van der Waals surface area contributed by atoms with E-state index in [1.807, 2.05) is 5.32 Å². The standard InChI is InChI=1S/C20H18F7N3O5S/c1-4-18(32,20(25,26)27)7-8-35-16-14(36(33,34)28-2)10-30(3)15(16)17(31)29-11-5-6-13(21)12(9-11)19(22,23)24/h4-6,9-10,32H,1-2,7-8H2,3H3,(H,29,31). The Morgan fingerprint density at radius 2 is 1.86 bits per heavy atom. The first-order chi connectivity index (χ1) is 16.4. The van der Waals surface area contributed by atoms with Crippen LogP contribution in [0.15, 0.2) is 46.3 Å². The third-order valence-corrected chi connectivity index (χ3v) is 6.04. The average Bonchev–Trinajstić information content (AvgIpc) is 3.10. The molecule has 0 bridgehead atoms. The van der Waals surface area contributed by atoms with E-state index in [4.69, 9.17) is 4.74 Å². The molecule has 0 aliphatic carbocycles. The molecule has 0 spiro atoms. The number of aromatic nitrogens is 1. The third-order valence-electron chi connectivity index (χ3n) is 4.85. The molecule has 198 valence electrons. The summed E-state index contributed by atoms with van der Waals surface area (Å²) in [6, 6.07) is 1.52. The predicted octanol–water partition coefficient (Wildman–Crippen LogP) is 4.07. The molecule has 2 aromatic rings. The van der Waals surface area contributed by atoms with Crippen LogP contribution in [0.1, 0.15) is 22.5 Å². The predicted molar refractivity (Wildman–Crippen MR) is 113 cm³/mol. The monoisotopic (exact) mass is 545 g/mol. The summed E-state index contributed by atoms with van der Waals surface area (Å²) in [4.78, 5) is 12.0. The summed E-state index contributed by atoms with van der Waals surface area (Å²) in [6.45, 7) is 4.78. The van der Waals surface area contributed by atoms with Gasteiger partial charge < -0.3 is 19.7 Å². The lowest BCUT2D eigenvalue weighted by Gasteiger charge is -2.27. The van der Waals surface area contributed by atoms with Gasteiger partial charge in [-0.05, 0) is 18.2 Å². The topological polar surface area (TPSA) is 110 Å².